The van der Waals surface area contributed by atoms with Crippen LogP contribution in [0.25, 0.3) is 0 Å². The summed E-state index contributed by atoms with van der Waals surface area (Å²) in [6.07, 6.45) is 3.24. The lowest BCUT2D eigenvalue weighted by molar-refractivity contribution is -0.157. The maximum absolute atomic E-state index is 15.2. The number of hydrogen-bond acceptors (Lipinski definition) is 14. The highest BCUT2D eigenvalue weighted by atomic mass is 16.5. The van der Waals surface area contributed by atoms with Gasteiger partial charge in [-0.25, -0.2) is 0 Å². The van der Waals surface area contributed by atoms with Crippen LogP contribution in [0.3, 0.4) is 0 Å². The van der Waals surface area contributed by atoms with Crippen molar-refractivity contribution in [1.82, 2.24) is 55.6 Å². The average Bonchev–Trinajstić information content (AvgIpc) is 0.863. The molecule has 0 unspecified atom stereocenters. The van der Waals surface area contributed by atoms with Gasteiger partial charge in [0.15, 0.2) is 0 Å². The van der Waals surface area contributed by atoms with Gasteiger partial charge >= 0.3 is 0 Å². The smallest absolute Gasteiger partial charge is 0.246 e. The monoisotopic (exact) mass is 1280 g/mol. The summed E-state index contributed by atoms with van der Waals surface area (Å²) in [6, 6.07) is -14.2. The number of carbonyl (C=O) groups is 11. The Kier molecular flexibility index (Phi) is 34.5. The van der Waals surface area contributed by atoms with Crippen LogP contribution >= 0.6 is 0 Å². The van der Waals surface area contributed by atoms with E-state index < -0.39 is 161 Å². The van der Waals surface area contributed by atoms with Crippen LogP contribution in [0.1, 0.15) is 149 Å². The lowest BCUT2D eigenvalue weighted by Gasteiger charge is -2.41. The Bertz CT molecular complexity index is 2430. The van der Waals surface area contributed by atoms with Gasteiger partial charge in [-0.15, -0.1) is 0 Å². The Morgan fingerprint density at radius 2 is 0.933 bits per heavy atom. The number of carbonyl (C=O) groups excluding carboxylic acids is 11. The van der Waals surface area contributed by atoms with Crippen molar-refractivity contribution in [2.24, 2.45) is 41.4 Å². The number of aliphatic hydroxyl groups is 1. The summed E-state index contributed by atoms with van der Waals surface area (Å²) in [4.78, 5) is 171. The van der Waals surface area contributed by atoms with Crippen LogP contribution in [0.15, 0.2) is 12.2 Å². The lowest BCUT2D eigenvalue weighted by atomic mass is 9.91. The lowest BCUT2D eigenvalue weighted by Crippen LogP contribution is -2.64. The summed E-state index contributed by atoms with van der Waals surface area (Å²) in [5.74, 6) is -10.7. The van der Waals surface area contributed by atoms with Gasteiger partial charge < -0.3 is 70.1 Å². The molecule has 13 atom stereocenters. The van der Waals surface area contributed by atoms with E-state index in [1.807, 2.05) is 41.5 Å². The molecule has 0 aromatic carbocycles. The standard InChI is InChI=1S/C65H117N11O14/c1-26-28-29-41(13)54(77)53-58(81)68-46(27-2)61(84)70(17)44(16)60(83)75(22)52(45(34-89-24)35-90-25)57(80)69-50(39(9)10)64(87)71(18)47(31-30-36(3)4)56(79)66-42(14)55(78)67-43(15)59(82)72(19)48(32-37(5)6)62(85)73(20)49(33-38(7)8)63(86)74(21)51(40(11)12)65(88)76(53)23/h26,28,36-54,77H,27,29-35H2,1-25H3,(H,66,79)(H,67,78)(H,68,81)(H,69,80)/b28-26+/t41-,42+,43-,44-,46+,47+,48+,49+,50+,51+,52+,53+,54-/m1/s1. The summed E-state index contributed by atoms with van der Waals surface area (Å²) in [7, 11) is 12.7. The number of ether oxygens (including phenoxy) is 2. The van der Waals surface area contributed by atoms with Gasteiger partial charge in [0.25, 0.3) is 0 Å². The molecule has 25 heteroatoms. The summed E-state index contributed by atoms with van der Waals surface area (Å²) < 4.78 is 11.1. The first-order chi connectivity index (χ1) is 41.7. The van der Waals surface area contributed by atoms with Gasteiger partial charge in [-0.05, 0) is 102 Å². The molecule has 1 heterocycles. The number of nitrogens with zero attached hydrogens (tertiary/aromatic N) is 7. The highest BCUT2D eigenvalue weighted by Crippen LogP contribution is 2.26. The summed E-state index contributed by atoms with van der Waals surface area (Å²) >= 11 is 0. The Balaban J connectivity index is 4.47. The van der Waals surface area contributed by atoms with Crippen molar-refractivity contribution >= 4 is 65.0 Å². The summed E-state index contributed by atoms with van der Waals surface area (Å²) in [5.41, 5.74) is 0. The van der Waals surface area contributed by atoms with Crippen molar-refractivity contribution in [3.05, 3.63) is 12.2 Å². The largest absolute Gasteiger partial charge is 0.390 e. The van der Waals surface area contributed by atoms with Crippen molar-refractivity contribution in [2.45, 2.75) is 222 Å². The Labute approximate surface area is 538 Å². The Morgan fingerprint density at radius 1 is 0.478 bits per heavy atom. The van der Waals surface area contributed by atoms with Gasteiger partial charge in [0.05, 0.1) is 19.3 Å². The predicted octanol–water partition coefficient (Wildman–Crippen LogP) is 2.91. The minimum absolute atomic E-state index is 0.0154. The SMILES string of the molecule is C/C=C/C[C@@H](C)[C@@H](O)[C@H]1C(=O)N[C@@H](CC)C(=O)N(C)[C@H](C)C(=O)N(C)[C@@H](C(COC)COC)C(=O)N[C@@H](C(C)C)C(=O)N(C)[C@@H](CCC(C)C)C(=O)N[C@@H](C)C(=O)N[C@H](C)C(=O)N(C)[C@@H](CC(C)C)C(=O)N(C)[C@@H](CC(C)C)C(=O)N(C)[C@@H](C(C)C)C(=O)N1C. The van der Waals surface area contributed by atoms with Crippen molar-refractivity contribution in [3.8, 4) is 0 Å². The van der Waals surface area contributed by atoms with E-state index in [4.69, 9.17) is 9.47 Å². The molecular formula is C65H117N11O14. The molecule has 0 bridgehead atoms. The minimum Gasteiger partial charge on any atom is -0.390 e. The van der Waals surface area contributed by atoms with E-state index in [9.17, 15) is 43.5 Å². The molecule has 0 radical (unpaired) electrons. The van der Waals surface area contributed by atoms with E-state index in [-0.39, 0.29) is 56.7 Å². The Morgan fingerprint density at radius 3 is 1.39 bits per heavy atom. The van der Waals surface area contributed by atoms with E-state index in [1.54, 1.807) is 60.6 Å². The van der Waals surface area contributed by atoms with Crippen molar-refractivity contribution in [1.29, 1.82) is 0 Å². The maximum atomic E-state index is 15.2. The fourth-order valence-electron chi connectivity index (χ4n) is 11.5. The fourth-order valence-corrected chi connectivity index (χ4v) is 11.5. The van der Waals surface area contributed by atoms with Gasteiger partial charge in [-0.1, -0.05) is 95.2 Å². The van der Waals surface area contributed by atoms with Crippen LogP contribution in [0, 0.1) is 41.4 Å². The number of aliphatic hydroxyl groups excluding tert-OH is 1. The second kappa shape index (κ2) is 38.0. The molecule has 90 heavy (non-hydrogen) atoms. The van der Waals surface area contributed by atoms with Crippen LogP contribution in [0.4, 0.5) is 0 Å². The van der Waals surface area contributed by atoms with Crippen LogP contribution in [0.5, 0.6) is 0 Å². The van der Waals surface area contributed by atoms with E-state index in [1.165, 1.54) is 104 Å². The van der Waals surface area contributed by atoms with Crippen LogP contribution in [-0.4, -0.2) is 254 Å². The molecule has 0 saturated carbocycles. The number of amides is 11. The quantitative estimate of drug-likeness (QED) is 0.116. The third-order valence-electron chi connectivity index (χ3n) is 17.3. The van der Waals surface area contributed by atoms with E-state index in [2.05, 4.69) is 21.3 Å². The molecule has 5 N–H and O–H groups in total. The highest BCUT2D eigenvalue weighted by molar-refractivity contribution is 6.00. The zero-order chi connectivity index (χ0) is 69.7. The molecular weight excluding hydrogens is 1160 g/mol. The minimum atomic E-state index is -1.64. The van der Waals surface area contributed by atoms with E-state index >= 15 is 14.4 Å². The molecule has 0 aromatic heterocycles. The molecule has 1 saturated heterocycles. The normalized spacial score (nSPS) is 26.9. The molecule has 1 rings (SSSR count). The number of likely N-dealkylation sites (N-methyl/N-ethyl adjacent to an activating group) is 7. The molecule has 1 aliphatic rings. The first-order valence-corrected chi connectivity index (χ1v) is 32.1. The summed E-state index contributed by atoms with van der Waals surface area (Å²) in [6.45, 7) is 27.5. The van der Waals surface area contributed by atoms with E-state index in [0.717, 1.165) is 14.7 Å². The average molecular weight is 1280 g/mol. The maximum Gasteiger partial charge on any atom is 0.246 e. The third kappa shape index (κ3) is 22.3. The molecule has 0 aromatic rings. The van der Waals surface area contributed by atoms with Gasteiger partial charge in [-0.3, -0.25) is 52.7 Å². The molecule has 516 valence electrons. The molecule has 1 fully saturated rings. The number of nitrogens with one attached hydrogen (secondary N) is 4. The molecule has 25 nitrogen and oxygen atoms in total. The second-order valence-electron chi connectivity index (χ2n) is 26.8. The van der Waals surface area contributed by atoms with Crippen LogP contribution in [-0.2, 0) is 62.2 Å². The van der Waals surface area contributed by atoms with Gasteiger partial charge in [0.1, 0.15) is 66.5 Å². The Hall–Kier alpha value is -6.21. The zero-order valence-corrected chi connectivity index (χ0v) is 59.2. The van der Waals surface area contributed by atoms with Crippen molar-refractivity contribution < 1.29 is 67.3 Å². The molecule has 0 spiro atoms. The number of methoxy groups -OCH3 is 2. The number of allylic oxidation sites excluding steroid dienone is 2. The van der Waals surface area contributed by atoms with Crippen molar-refractivity contribution in [2.75, 3.05) is 76.8 Å². The third-order valence-corrected chi connectivity index (χ3v) is 17.3. The molecule has 11 amide bonds. The van der Waals surface area contributed by atoms with Crippen LogP contribution in [0.2, 0.25) is 0 Å². The first-order valence-electron chi connectivity index (χ1n) is 32.1. The summed E-state index contributed by atoms with van der Waals surface area (Å²) in [5, 5.41) is 23.2. The molecule has 0 aliphatic carbocycles. The number of hydrogen-bond donors (Lipinski definition) is 5. The predicted molar refractivity (Wildman–Crippen MR) is 345 cm³/mol. The second-order valence-corrected chi connectivity index (χ2v) is 26.8. The fraction of sp³-hybridized carbons (Fsp3) is 0.800. The van der Waals surface area contributed by atoms with Crippen molar-refractivity contribution in [3.63, 3.8) is 0 Å². The zero-order valence-electron chi connectivity index (χ0n) is 59.2. The van der Waals surface area contributed by atoms with Gasteiger partial charge in [0.2, 0.25) is 65.0 Å². The van der Waals surface area contributed by atoms with Gasteiger partial charge in [-0.2, -0.15) is 0 Å². The number of rotatable bonds is 19. The first kappa shape index (κ1) is 81.8. The van der Waals surface area contributed by atoms with Crippen LogP contribution < -0.4 is 21.3 Å². The highest BCUT2D eigenvalue weighted by Gasteiger charge is 2.47. The topological polar surface area (TPSA) is 297 Å². The molecule has 1 aliphatic heterocycles. The van der Waals surface area contributed by atoms with Gasteiger partial charge in [0, 0.05) is 69.5 Å². The van der Waals surface area contributed by atoms with E-state index in [0.29, 0.717) is 12.8 Å².